The van der Waals surface area contributed by atoms with Crippen LogP contribution in [0.1, 0.15) is 18.9 Å². The van der Waals surface area contributed by atoms with Gasteiger partial charge in [0.1, 0.15) is 12.6 Å². The maximum Gasteiger partial charge on any atom is 0.406 e. The minimum absolute atomic E-state index is 0.0665. The zero-order valence-electron chi connectivity index (χ0n) is 9.87. The van der Waals surface area contributed by atoms with Gasteiger partial charge in [-0.1, -0.05) is 0 Å². The smallest absolute Gasteiger partial charge is 0.374 e. The summed E-state index contributed by atoms with van der Waals surface area (Å²) < 4.78 is 46.2. The Morgan fingerprint density at radius 1 is 1.50 bits per heavy atom. The molecule has 0 aliphatic heterocycles. The van der Waals surface area contributed by atoms with E-state index >= 15 is 0 Å². The van der Waals surface area contributed by atoms with Gasteiger partial charge in [0.2, 0.25) is 5.13 Å². The summed E-state index contributed by atoms with van der Waals surface area (Å²) in [6.45, 7) is 0.703. The van der Waals surface area contributed by atoms with Gasteiger partial charge in [-0.15, -0.1) is 11.6 Å². The first-order valence-corrected chi connectivity index (χ1v) is 6.42. The van der Waals surface area contributed by atoms with Crippen LogP contribution in [0.15, 0.2) is 0 Å². The predicted molar refractivity (Wildman–Crippen MR) is 64.3 cm³/mol. The quantitative estimate of drug-likeness (QED) is 0.758. The van der Waals surface area contributed by atoms with Crippen LogP contribution in [0, 0.1) is 0 Å². The van der Waals surface area contributed by atoms with E-state index in [1.165, 1.54) is 7.11 Å². The Balaban J connectivity index is 2.82. The highest BCUT2D eigenvalue weighted by Crippen LogP contribution is 2.25. The van der Waals surface area contributed by atoms with Crippen LogP contribution < -0.4 is 4.90 Å². The fraction of sp³-hybridized carbons (Fsp3) is 0.778. The van der Waals surface area contributed by atoms with E-state index < -0.39 is 12.7 Å². The standard InChI is InChI=1S/C9H13ClF3N3OS/c1-6(17-2)7-14-8(18-15-7)16(4-3-10)5-9(11,12)13/h6H,3-5H2,1-2H3. The number of anilines is 1. The first kappa shape index (κ1) is 15.5. The summed E-state index contributed by atoms with van der Waals surface area (Å²) in [7, 11) is 1.48. The van der Waals surface area contributed by atoms with Gasteiger partial charge in [-0.25, -0.2) is 4.98 Å². The number of methoxy groups -OCH3 is 1. The van der Waals surface area contributed by atoms with Crippen molar-refractivity contribution in [3.63, 3.8) is 0 Å². The van der Waals surface area contributed by atoms with Crippen LogP contribution >= 0.6 is 23.1 Å². The van der Waals surface area contributed by atoms with Crippen molar-refractivity contribution in [2.24, 2.45) is 0 Å². The third-order valence-electron chi connectivity index (χ3n) is 2.14. The average Bonchev–Trinajstić information content (AvgIpc) is 2.75. The molecular weight excluding hydrogens is 291 g/mol. The van der Waals surface area contributed by atoms with Gasteiger partial charge in [-0.2, -0.15) is 17.5 Å². The minimum Gasteiger partial charge on any atom is -0.374 e. The zero-order chi connectivity index (χ0) is 13.8. The molecule has 0 radical (unpaired) electrons. The Morgan fingerprint density at radius 3 is 2.67 bits per heavy atom. The summed E-state index contributed by atoms with van der Waals surface area (Å²) in [6, 6.07) is 0. The largest absolute Gasteiger partial charge is 0.406 e. The third-order valence-corrected chi connectivity index (χ3v) is 3.10. The highest BCUT2D eigenvalue weighted by atomic mass is 35.5. The van der Waals surface area contributed by atoms with E-state index in [2.05, 4.69) is 9.36 Å². The van der Waals surface area contributed by atoms with Crippen molar-refractivity contribution in [1.82, 2.24) is 9.36 Å². The Morgan fingerprint density at radius 2 is 2.17 bits per heavy atom. The number of alkyl halides is 4. The maximum atomic E-state index is 12.4. The van der Waals surface area contributed by atoms with Gasteiger partial charge < -0.3 is 9.64 Å². The molecule has 1 rings (SSSR count). The molecule has 0 fully saturated rings. The van der Waals surface area contributed by atoms with E-state index in [0.717, 1.165) is 16.4 Å². The molecule has 1 atom stereocenters. The molecule has 0 amide bonds. The van der Waals surface area contributed by atoms with E-state index in [0.29, 0.717) is 5.82 Å². The van der Waals surface area contributed by atoms with E-state index in [1.54, 1.807) is 6.92 Å². The second-order valence-electron chi connectivity index (χ2n) is 3.54. The van der Waals surface area contributed by atoms with Crippen molar-refractivity contribution in [3.8, 4) is 0 Å². The first-order valence-electron chi connectivity index (χ1n) is 5.11. The van der Waals surface area contributed by atoms with Crippen molar-refractivity contribution in [1.29, 1.82) is 0 Å². The SMILES string of the molecule is COC(C)c1nsc(N(CCCl)CC(F)(F)F)n1. The fourth-order valence-corrected chi connectivity index (χ4v) is 2.16. The monoisotopic (exact) mass is 303 g/mol. The lowest BCUT2D eigenvalue weighted by atomic mass is 10.4. The van der Waals surface area contributed by atoms with E-state index in [1.807, 2.05) is 0 Å². The van der Waals surface area contributed by atoms with E-state index in [4.69, 9.17) is 16.3 Å². The van der Waals surface area contributed by atoms with Gasteiger partial charge >= 0.3 is 6.18 Å². The average molecular weight is 304 g/mol. The van der Waals surface area contributed by atoms with Crippen LogP contribution in [0.2, 0.25) is 0 Å². The number of ether oxygens (including phenoxy) is 1. The summed E-state index contributed by atoms with van der Waals surface area (Å²) >= 11 is 6.40. The molecular formula is C9H13ClF3N3OS. The molecule has 18 heavy (non-hydrogen) atoms. The van der Waals surface area contributed by atoms with Gasteiger partial charge in [0.25, 0.3) is 0 Å². The Hall–Kier alpha value is -0.600. The number of aromatic nitrogens is 2. The fourth-order valence-electron chi connectivity index (χ4n) is 1.19. The maximum absolute atomic E-state index is 12.4. The third kappa shape index (κ3) is 4.58. The molecule has 104 valence electrons. The van der Waals surface area contributed by atoms with Crippen LogP contribution in [0.3, 0.4) is 0 Å². The summed E-state index contributed by atoms with van der Waals surface area (Å²) in [5.41, 5.74) is 0. The number of hydrogen-bond acceptors (Lipinski definition) is 5. The van der Waals surface area contributed by atoms with Crippen molar-refractivity contribution in [2.45, 2.75) is 19.2 Å². The number of rotatable bonds is 6. The predicted octanol–water partition coefficient (Wildman–Crippen LogP) is 2.85. The molecule has 0 aromatic carbocycles. The van der Waals surface area contributed by atoms with Crippen molar-refractivity contribution < 1.29 is 17.9 Å². The topological polar surface area (TPSA) is 38.2 Å². The lowest BCUT2D eigenvalue weighted by Crippen LogP contribution is -2.35. The second kappa shape index (κ2) is 6.53. The van der Waals surface area contributed by atoms with Crippen LogP contribution in [-0.2, 0) is 4.74 Å². The molecule has 0 bridgehead atoms. The molecule has 1 heterocycles. The Kier molecular flexibility index (Phi) is 5.61. The van der Waals surface area contributed by atoms with Gasteiger partial charge in [0.05, 0.1) is 0 Å². The molecule has 1 unspecified atom stereocenters. The minimum atomic E-state index is -4.30. The van der Waals surface area contributed by atoms with Gasteiger partial charge in [0, 0.05) is 31.1 Å². The van der Waals surface area contributed by atoms with Crippen molar-refractivity contribution in [3.05, 3.63) is 5.82 Å². The molecule has 4 nitrogen and oxygen atoms in total. The Labute approximate surface area is 112 Å². The number of hydrogen-bond donors (Lipinski definition) is 0. The highest BCUT2D eigenvalue weighted by Gasteiger charge is 2.32. The van der Waals surface area contributed by atoms with Gasteiger partial charge in [-0.05, 0) is 6.92 Å². The van der Waals surface area contributed by atoms with Crippen molar-refractivity contribution >= 4 is 28.3 Å². The molecule has 0 spiro atoms. The lowest BCUT2D eigenvalue weighted by Gasteiger charge is -2.21. The molecule has 0 aliphatic carbocycles. The van der Waals surface area contributed by atoms with Gasteiger partial charge in [-0.3, -0.25) is 0 Å². The molecule has 0 saturated carbocycles. The summed E-state index contributed by atoms with van der Waals surface area (Å²) in [4.78, 5) is 5.10. The lowest BCUT2D eigenvalue weighted by molar-refractivity contribution is -0.119. The number of halogens is 4. The zero-order valence-corrected chi connectivity index (χ0v) is 11.4. The number of nitrogens with zero attached hydrogens (tertiary/aromatic N) is 3. The second-order valence-corrected chi connectivity index (χ2v) is 4.65. The summed E-state index contributed by atoms with van der Waals surface area (Å²) in [5.74, 6) is 0.462. The molecule has 9 heteroatoms. The van der Waals surface area contributed by atoms with E-state index in [-0.39, 0.29) is 23.7 Å². The molecule has 0 aliphatic rings. The van der Waals surface area contributed by atoms with Crippen LogP contribution in [0.25, 0.3) is 0 Å². The van der Waals surface area contributed by atoms with Crippen LogP contribution in [0.5, 0.6) is 0 Å². The molecule has 0 N–H and O–H groups in total. The highest BCUT2D eigenvalue weighted by molar-refractivity contribution is 7.09. The van der Waals surface area contributed by atoms with Crippen LogP contribution in [-0.4, -0.2) is 41.6 Å². The summed E-state index contributed by atoms with van der Waals surface area (Å²) in [6.07, 6.45) is -4.65. The summed E-state index contributed by atoms with van der Waals surface area (Å²) in [5, 5.41) is 0.201. The Bertz CT molecular complexity index is 374. The molecule has 1 aromatic rings. The van der Waals surface area contributed by atoms with Crippen molar-refractivity contribution in [2.75, 3.05) is 31.0 Å². The molecule has 0 saturated heterocycles. The van der Waals surface area contributed by atoms with Gasteiger partial charge in [0.15, 0.2) is 5.82 Å². The van der Waals surface area contributed by atoms with Crippen LogP contribution in [0.4, 0.5) is 18.3 Å². The first-order chi connectivity index (χ1) is 8.37. The van der Waals surface area contributed by atoms with E-state index in [9.17, 15) is 13.2 Å². The normalized spacial score (nSPS) is 13.7. The molecule has 1 aromatic heterocycles.